The van der Waals surface area contributed by atoms with E-state index < -0.39 is 11.4 Å². The van der Waals surface area contributed by atoms with E-state index in [-0.39, 0.29) is 18.5 Å². The van der Waals surface area contributed by atoms with Gasteiger partial charge < -0.3 is 10.0 Å². The van der Waals surface area contributed by atoms with Crippen LogP contribution in [-0.4, -0.2) is 58.5 Å². The van der Waals surface area contributed by atoms with Crippen molar-refractivity contribution in [2.24, 2.45) is 5.41 Å². The standard InChI is InChI=1S/C15H26N2O3/c1-15(2,3)14(20)17(9-13(18)19)12-8-6-10-5-7-11(12)16(10)4/h10-12H,5-9H2,1-4H3,(H,18,19). The topological polar surface area (TPSA) is 60.9 Å². The number of hydrogen-bond acceptors (Lipinski definition) is 3. The zero-order chi connectivity index (χ0) is 15.1. The van der Waals surface area contributed by atoms with Crippen molar-refractivity contribution in [1.82, 2.24) is 9.80 Å². The second-order valence-electron chi connectivity index (χ2n) is 7.19. The van der Waals surface area contributed by atoms with Gasteiger partial charge in [-0.2, -0.15) is 0 Å². The third-order valence-corrected chi connectivity index (χ3v) is 4.74. The number of piperidine rings is 1. The highest BCUT2D eigenvalue weighted by atomic mass is 16.4. The molecule has 20 heavy (non-hydrogen) atoms. The fourth-order valence-corrected chi connectivity index (χ4v) is 3.69. The molecule has 1 N–H and O–H groups in total. The van der Waals surface area contributed by atoms with E-state index in [1.807, 2.05) is 20.8 Å². The van der Waals surface area contributed by atoms with Gasteiger partial charge in [-0.25, -0.2) is 0 Å². The van der Waals surface area contributed by atoms with Crippen LogP contribution < -0.4 is 0 Å². The van der Waals surface area contributed by atoms with E-state index in [0.29, 0.717) is 12.1 Å². The van der Waals surface area contributed by atoms with Crippen molar-refractivity contribution in [3.05, 3.63) is 0 Å². The summed E-state index contributed by atoms with van der Waals surface area (Å²) >= 11 is 0. The molecule has 3 unspecified atom stereocenters. The second-order valence-corrected chi connectivity index (χ2v) is 7.19. The summed E-state index contributed by atoms with van der Waals surface area (Å²) in [5.41, 5.74) is -0.538. The van der Waals surface area contributed by atoms with Gasteiger partial charge in [-0.15, -0.1) is 0 Å². The first-order valence-electron chi connectivity index (χ1n) is 7.46. The van der Waals surface area contributed by atoms with Gasteiger partial charge in [-0.3, -0.25) is 14.5 Å². The van der Waals surface area contributed by atoms with Crippen LogP contribution in [-0.2, 0) is 9.59 Å². The summed E-state index contributed by atoms with van der Waals surface area (Å²) in [6.07, 6.45) is 4.22. The van der Waals surface area contributed by atoms with Crippen molar-refractivity contribution in [3.8, 4) is 0 Å². The lowest BCUT2D eigenvalue weighted by Gasteiger charge is -2.44. The molecule has 5 nitrogen and oxygen atoms in total. The lowest BCUT2D eigenvalue weighted by Crippen LogP contribution is -2.57. The number of rotatable bonds is 3. The molecule has 1 amide bonds. The van der Waals surface area contributed by atoms with Crippen molar-refractivity contribution in [3.63, 3.8) is 0 Å². The Kier molecular flexibility index (Phi) is 4.09. The molecule has 2 saturated heterocycles. The summed E-state index contributed by atoms with van der Waals surface area (Å²) in [4.78, 5) is 27.8. The molecule has 0 aliphatic carbocycles. The Bertz CT molecular complexity index is 402. The molecule has 2 bridgehead atoms. The van der Waals surface area contributed by atoms with Gasteiger partial charge >= 0.3 is 5.97 Å². The molecule has 0 radical (unpaired) electrons. The number of carbonyl (C=O) groups is 2. The van der Waals surface area contributed by atoms with Crippen molar-refractivity contribution < 1.29 is 14.7 Å². The van der Waals surface area contributed by atoms with Gasteiger partial charge in [-0.05, 0) is 32.7 Å². The molecule has 0 aromatic carbocycles. The molecule has 5 heteroatoms. The molecule has 3 atom stereocenters. The van der Waals surface area contributed by atoms with Gasteiger partial charge in [0.25, 0.3) is 0 Å². The zero-order valence-electron chi connectivity index (χ0n) is 12.9. The largest absolute Gasteiger partial charge is 0.480 e. The SMILES string of the molecule is CN1C2CCC(N(CC(=O)O)C(=O)C(C)(C)C)C1CC2. The fourth-order valence-electron chi connectivity index (χ4n) is 3.69. The van der Waals surface area contributed by atoms with Gasteiger partial charge in [0.15, 0.2) is 0 Å². The second kappa shape index (κ2) is 5.35. The van der Waals surface area contributed by atoms with Crippen molar-refractivity contribution >= 4 is 11.9 Å². The molecule has 114 valence electrons. The maximum Gasteiger partial charge on any atom is 0.323 e. The van der Waals surface area contributed by atoms with E-state index in [1.54, 1.807) is 4.90 Å². The first kappa shape index (κ1) is 15.3. The van der Waals surface area contributed by atoms with E-state index >= 15 is 0 Å². The summed E-state index contributed by atoms with van der Waals surface area (Å²) in [7, 11) is 2.11. The molecule has 0 saturated carbocycles. The Morgan fingerprint density at radius 3 is 2.35 bits per heavy atom. The van der Waals surface area contributed by atoms with Crippen LogP contribution in [0.15, 0.2) is 0 Å². The Balaban J connectivity index is 2.22. The molecule has 0 spiro atoms. The molecular formula is C15H26N2O3. The van der Waals surface area contributed by atoms with E-state index in [9.17, 15) is 9.59 Å². The van der Waals surface area contributed by atoms with Gasteiger partial charge in [0.1, 0.15) is 6.54 Å². The number of aliphatic carboxylic acids is 1. The average Bonchev–Trinajstić information content (AvgIpc) is 2.58. The molecule has 0 aromatic heterocycles. The van der Waals surface area contributed by atoms with Crippen molar-refractivity contribution in [2.75, 3.05) is 13.6 Å². The smallest absolute Gasteiger partial charge is 0.323 e. The molecule has 2 heterocycles. The van der Waals surface area contributed by atoms with Crippen LogP contribution in [0.4, 0.5) is 0 Å². The van der Waals surface area contributed by atoms with Crippen LogP contribution in [0.1, 0.15) is 46.5 Å². The number of likely N-dealkylation sites (N-methyl/N-ethyl adjacent to an activating group) is 1. The molecule has 2 rings (SSSR count). The first-order chi connectivity index (χ1) is 9.21. The molecule has 2 fully saturated rings. The molecule has 2 aliphatic rings. The van der Waals surface area contributed by atoms with Crippen LogP contribution in [0, 0.1) is 5.41 Å². The lowest BCUT2D eigenvalue weighted by molar-refractivity contribution is -0.152. The van der Waals surface area contributed by atoms with E-state index in [0.717, 1.165) is 19.3 Å². The van der Waals surface area contributed by atoms with Crippen LogP contribution in [0.2, 0.25) is 0 Å². The first-order valence-corrected chi connectivity index (χ1v) is 7.46. The number of carboxylic acid groups (broad SMARTS) is 1. The van der Waals surface area contributed by atoms with Crippen molar-refractivity contribution in [1.29, 1.82) is 0 Å². The highest BCUT2D eigenvalue weighted by Crippen LogP contribution is 2.37. The third kappa shape index (κ3) is 2.82. The number of carbonyl (C=O) groups excluding carboxylic acids is 1. The van der Waals surface area contributed by atoms with Crippen molar-refractivity contribution in [2.45, 2.75) is 64.6 Å². The van der Waals surface area contributed by atoms with Gasteiger partial charge in [0.2, 0.25) is 5.91 Å². The Hall–Kier alpha value is -1.10. The Morgan fingerprint density at radius 1 is 1.20 bits per heavy atom. The molecular weight excluding hydrogens is 256 g/mol. The summed E-state index contributed by atoms with van der Waals surface area (Å²) in [6, 6.07) is 0.980. The number of carboxylic acids is 1. The van der Waals surface area contributed by atoms with Gasteiger partial charge in [0, 0.05) is 23.5 Å². The number of hydrogen-bond donors (Lipinski definition) is 1. The average molecular weight is 282 g/mol. The van der Waals surface area contributed by atoms with E-state index in [4.69, 9.17) is 5.11 Å². The maximum absolute atomic E-state index is 12.6. The number of nitrogens with zero attached hydrogens (tertiary/aromatic N) is 2. The minimum absolute atomic E-state index is 0.0431. The Labute approximate surface area is 120 Å². The third-order valence-electron chi connectivity index (χ3n) is 4.74. The summed E-state index contributed by atoms with van der Waals surface area (Å²) < 4.78 is 0. The summed E-state index contributed by atoms with van der Waals surface area (Å²) in [5, 5.41) is 9.16. The predicted octanol–water partition coefficient (Wildman–Crippen LogP) is 1.57. The maximum atomic E-state index is 12.6. The molecule has 0 aromatic rings. The summed E-state index contributed by atoms with van der Waals surface area (Å²) in [5.74, 6) is -0.978. The number of fused-ring (bicyclic) bond motifs is 2. The van der Waals surface area contributed by atoms with E-state index in [1.165, 1.54) is 6.42 Å². The lowest BCUT2D eigenvalue weighted by atomic mass is 9.90. The van der Waals surface area contributed by atoms with Crippen LogP contribution in [0.3, 0.4) is 0 Å². The van der Waals surface area contributed by atoms with E-state index in [2.05, 4.69) is 11.9 Å². The number of amides is 1. The normalized spacial score (nSPS) is 30.3. The minimum atomic E-state index is -0.926. The predicted molar refractivity (Wildman–Crippen MR) is 76.4 cm³/mol. The van der Waals surface area contributed by atoms with Crippen LogP contribution in [0.25, 0.3) is 0 Å². The van der Waals surface area contributed by atoms with Crippen LogP contribution >= 0.6 is 0 Å². The van der Waals surface area contributed by atoms with Gasteiger partial charge in [0.05, 0.1) is 0 Å². The monoisotopic (exact) mass is 282 g/mol. The van der Waals surface area contributed by atoms with Gasteiger partial charge in [-0.1, -0.05) is 20.8 Å². The fraction of sp³-hybridized carbons (Fsp3) is 0.867. The molecule has 2 aliphatic heterocycles. The summed E-state index contributed by atoms with van der Waals surface area (Å²) in [6.45, 7) is 5.38. The zero-order valence-corrected chi connectivity index (χ0v) is 12.9. The Morgan fingerprint density at radius 2 is 1.80 bits per heavy atom. The highest BCUT2D eigenvalue weighted by Gasteiger charge is 2.45. The van der Waals surface area contributed by atoms with Crippen LogP contribution in [0.5, 0.6) is 0 Å². The minimum Gasteiger partial charge on any atom is -0.480 e. The highest BCUT2D eigenvalue weighted by molar-refractivity contribution is 5.85. The quantitative estimate of drug-likeness (QED) is 0.853.